The minimum Gasteiger partial charge on any atom is -0.481 e. The van der Waals surface area contributed by atoms with E-state index < -0.39 is 0 Å². The Balaban J connectivity index is -0.0000000618. The van der Waals surface area contributed by atoms with Gasteiger partial charge >= 0.3 is 0 Å². The van der Waals surface area contributed by atoms with Crippen LogP contribution in [-0.4, -0.2) is 195 Å². The molecule has 0 saturated heterocycles. The number of oxime groups is 1. The summed E-state index contributed by atoms with van der Waals surface area (Å²) in [5.74, 6) is 6.58. The van der Waals surface area contributed by atoms with Crippen LogP contribution in [0.2, 0.25) is 0 Å². The maximum atomic E-state index is 5.03. The lowest BCUT2D eigenvalue weighted by atomic mass is 10.2. The van der Waals surface area contributed by atoms with Gasteiger partial charge in [0.1, 0.15) is 6.61 Å². The van der Waals surface area contributed by atoms with Gasteiger partial charge in [-0.3, -0.25) is 30.0 Å². The molecule has 580 valence electrons. The number of hydrogen-bond donors (Lipinski definition) is 0. The summed E-state index contributed by atoms with van der Waals surface area (Å²) in [5, 5.41) is 18.7. The first-order chi connectivity index (χ1) is 46.2. The van der Waals surface area contributed by atoms with Gasteiger partial charge in [-0.15, -0.1) is 23.5 Å². The molecule has 0 amide bonds. The van der Waals surface area contributed by atoms with Crippen molar-refractivity contribution in [2.45, 2.75) is 333 Å². The van der Waals surface area contributed by atoms with Crippen molar-refractivity contribution in [2.24, 2.45) is 45.3 Å². The lowest BCUT2D eigenvalue weighted by molar-refractivity contribution is 0.131. The predicted molar refractivity (Wildman–Crippen MR) is 455 cm³/mol. The van der Waals surface area contributed by atoms with E-state index in [9.17, 15) is 0 Å². The van der Waals surface area contributed by atoms with Crippen molar-refractivity contribution in [3.05, 3.63) is 0 Å². The molecule has 0 aromatic carbocycles. The summed E-state index contributed by atoms with van der Waals surface area (Å²) in [6.07, 6.45) is 14.3. The molecule has 95 heavy (non-hydrogen) atoms. The Hall–Kier alpha value is -3.67. The highest BCUT2D eigenvalue weighted by Crippen LogP contribution is 2.11. The van der Waals surface area contributed by atoms with E-state index in [-0.39, 0.29) is 0 Å². The number of thioether (sulfide) groups is 2. The molecule has 0 aromatic rings. The van der Waals surface area contributed by atoms with Gasteiger partial charge in [0.05, 0.1) is 40.7 Å². The van der Waals surface area contributed by atoms with Crippen LogP contribution in [-0.2, 0) is 14.3 Å². The molecule has 9 rings (SSSR count). The van der Waals surface area contributed by atoms with Gasteiger partial charge in [-0.2, -0.15) is 10.2 Å². The van der Waals surface area contributed by atoms with Crippen LogP contribution in [0.3, 0.4) is 0 Å². The number of rotatable bonds is 0. The Labute approximate surface area is 608 Å². The van der Waals surface area contributed by atoms with Crippen LogP contribution < -0.4 is 0 Å². The van der Waals surface area contributed by atoms with Gasteiger partial charge < -0.3 is 34.1 Å². The normalized spacial score (nSPS) is 15.6. The van der Waals surface area contributed by atoms with E-state index in [2.05, 4.69) is 111 Å². The zero-order chi connectivity index (χ0) is 77.5. The first-order valence-electron chi connectivity index (χ1n) is 38.8. The van der Waals surface area contributed by atoms with E-state index in [1.807, 2.05) is 262 Å². The standard InChI is InChI=1S/4C6H12N2.3C5H9NO.2C5H9NS.14C2H6/c2*1-6-7-4-3-5-8(6)2;2*1-6-4-3-5-8(2)7-6;2*1-5-6-3-2-4-7-5;1-5-3-2-4-7-6-5;2*1-5-6-3-2-4-7-5;14*1-2/h4*3-5H2,1-2H3;5*2-4H2,1H3;14*1-2H3. The minimum absolute atomic E-state index is 0.803. The Kier molecular flexibility index (Phi) is 162. The van der Waals surface area contributed by atoms with Gasteiger partial charge in [0, 0.05) is 143 Å². The second-order valence-corrected chi connectivity index (χ2v) is 19.8. The SMILES string of the molecule is CC.CC.CC.CC.CC.CC.CC.CC.CC.CC.CC.CC.CC.CC.CC1=NCCCN1C.CC1=NCCCN1C.CC1=NCCCO1.CC1=NCCCO1.CC1=NCCCS1.CC1=NCCCS1.CC1=NN(C)CCC1.CC1=NN(C)CCC1.CC1=NOCCC1. The zero-order valence-electron chi connectivity index (χ0n) is 72.4. The summed E-state index contributed by atoms with van der Waals surface area (Å²) in [6.45, 7) is 87.3. The van der Waals surface area contributed by atoms with E-state index in [1.54, 1.807) is 0 Å². The molecular weight excluding hydrogens is 1220 g/mol. The number of hydrogen-bond acceptors (Lipinski definition) is 18. The summed E-state index contributed by atoms with van der Waals surface area (Å²) >= 11 is 3.74. The minimum atomic E-state index is 0.803. The van der Waals surface area contributed by atoms with E-state index in [1.165, 1.54) is 109 Å². The molecule has 16 nitrogen and oxygen atoms in total. The average Bonchev–Trinajstić information content (AvgIpc) is 3.69. The molecule has 0 N–H and O–H groups in total. The van der Waals surface area contributed by atoms with E-state index in [0.717, 1.165) is 115 Å². The third-order valence-electron chi connectivity index (χ3n) is 10.6. The van der Waals surface area contributed by atoms with Crippen LogP contribution in [0, 0.1) is 0 Å². The topological polar surface area (TPSA) is 152 Å². The predicted octanol–water partition coefficient (Wildman–Crippen LogP) is 23.9. The van der Waals surface area contributed by atoms with E-state index in [0.29, 0.717) is 0 Å². The van der Waals surface area contributed by atoms with Gasteiger partial charge in [-0.1, -0.05) is 199 Å². The quantitative estimate of drug-likeness (QED) is 0.231. The van der Waals surface area contributed by atoms with E-state index in [4.69, 9.17) is 14.3 Å². The third kappa shape index (κ3) is 115. The number of aliphatic imine (C=N–C) groups is 6. The zero-order valence-corrected chi connectivity index (χ0v) is 74.1. The van der Waals surface area contributed by atoms with Crippen molar-refractivity contribution < 1.29 is 14.3 Å². The van der Waals surface area contributed by atoms with E-state index >= 15 is 0 Å². The summed E-state index contributed by atoms with van der Waals surface area (Å²) in [4.78, 5) is 34.1. The highest BCUT2D eigenvalue weighted by Gasteiger charge is 2.06. The summed E-state index contributed by atoms with van der Waals surface area (Å²) in [7, 11) is 8.20. The van der Waals surface area contributed by atoms with Crippen LogP contribution >= 0.6 is 23.5 Å². The fourth-order valence-electron chi connectivity index (χ4n) is 6.43. The molecule has 0 atom stereocenters. The van der Waals surface area contributed by atoms with Gasteiger partial charge in [0.2, 0.25) is 0 Å². The van der Waals surface area contributed by atoms with Gasteiger partial charge in [-0.05, 0) is 113 Å². The van der Waals surface area contributed by atoms with Crippen molar-refractivity contribution in [1.29, 1.82) is 0 Å². The monoisotopic (exact) mass is 1400 g/mol. The third-order valence-corrected chi connectivity index (χ3v) is 12.7. The average molecular weight is 1400 g/mol. The van der Waals surface area contributed by atoms with Crippen molar-refractivity contribution in [3.63, 3.8) is 0 Å². The van der Waals surface area contributed by atoms with Crippen molar-refractivity contribution in [1.82, 2.24) is 19.8 Å². The number of ether oxygens (including phenoxy) is 2. The molecule has 9 heterocycles. The second-order valence-electron chi connectivity index (χ2n) is 17.2. The molecule has 9 aliphatic heterocycles. The van der Waals surface area contributed by atoms with Crippen molar-refractivity contribution in [3.8, 4) is 0 Å². The Morgan fingerprint density at radius 3 is 0.705 bits per heavy atom. The molecule has 0 aromatic heterocycles. The molecule has 0 aliphatic carbocycles. The summed E-state index contributed by atoms with van der Waals surface area (Å²) in [5.41, 5.74) is 3.64. The van der Waals surface area contributed by atoms with Crippen LogP contribution in [0.1, 0.15) is 333 Å². The second kappa shape index (κ2) is 124. The van der Waals surface area contributed by atoms with Gasteiger partial charge in [0.25, 0.3) is 0 Å². The molecule has 0 unspecified atom stereocenters. The Morgan fingerprint density at radius 1 is 0.295 bits per heavy atom. The van der Waals surface area contributed by atoms with Crippen LogP contribution in [0.15, 0.2) is 45.3 Å². The lowest BCUT2D eigenvalue weighted by Gasteiger charge is -2.21. The Morgan fingerprint density at radius 2 is 0.579 bits per heavy atom. The number of hydrazone groups is 2. The molecule has 0 bridgehead atoms. The molecule has 0 saturated carbocycles. The highest BCUT2D eigenvalue weighted by molar-refractivity contribution is 8.14. The smallest absolute Gasteiger partial charge is 0.179 e. The number of amidine groups is 2. The maximum absolute atomic E-state index is 5.03. The first-order valence-corrected chi connectivity index (χ1v) is 40.8. The molecule has 0 spiro atoms. The van der Waals surface area contributed by atoms with Crippen LogP contribution in [0.4, 0.5) is 0 Å². The largest absolute Gasteiger partial charge is 0.481 e. The highest BCUT2D eigenvalue weighted by atomic mass is 32.2. The fourth-order valence-corrected chi connectivity index (χ4v) is 7.94. The number of nitrogens with zero attached hydrogens (tertiary/aromatic N) is 13. The summed E-state index contributed by atoms with van der Waals surface area (Å²) < 4.78 is 10.1. The van der Waals surface area contributed by atoms with Gasteiger partial charge in [0.15, 0.2) is 11.8 Å². The van der Waals surface area contributed by atoms with Crippen molar-refractivity contribution >= 4 is 74.2 Å². The lowest BCUT2D eigenvalue weighted by Crippen LogP contribution is -2.29. The fraction of sp³-hybridized carbons (Fsp3) is 0.883. The van der Waals surface area contributed by atoms with Gasteiger partial charge in [-0.25, -0.2) is 0 Å². The summed E-state index contributed by atoms with van der Waals surface area (Å²) in [6, 6.07) is 0. The molecule has 0 radical (unpaired) electrons. The molecular formula is C77H177N13O3S2. The molecule has 0 fully saturated rings. The molecule has 18 heteroatoms. The van der Waals surface area contributed by atoms with Crippen LogP contribution in [0.5, 0.6) is 0 Å². The molecule has 9 aliphatic rings. The first kappa shape index (κ1) is 125. The maximum Gasteiger partial charge on any atom is 0.179 e. The van der Waals surface area contributed by atoms with Crippen LogP contribution in [0.25, 0.3) is 0 Å². The Bertz CT molecular complexity index is 1430. The van der Waals surface area contributed by atoms with Crippen molar-refractivity contribution in [2.75, 3.05) is 125 Å².